The molecule has 0 saturated heterocycles. The SMILES string of the molecule is CCNC(=O)CN(CC)Cc1ccc(Cl)cc1Cl. The molecule has 0 aliphatic heterocycles. The quantitative estimate of drug-likeness (QED) is 0.873. The van der Waals surface area contributed by atoms with Crippen molar-refractivity contribution >= 4 is 29.1 Å². The fraction of sp³-hybridized carbons (Fsp3) is 0.462. The summed E-state index contributed by atoms with van der Waals surface area (Å²) in [5.74, 6) is 0.0319. The van der Waals surface area contributed by atoms with Crippen LogP contribution in [0.1, 0.15) is 19.4 Å². The number of rotatable bonds is 6. The topological polar surface area (TPSA) is 32.3 Å². The summed E-state index contributed by atoms with van der Waals surface area (Å²) in [6.45, 7) is 6.38. The Morgan fingerprint density at radius 1 is 1.33 bits per heavy atom. The number of carbonyl (C=O) groups is 1. The van der Waals surface area contributed by atoms with Crippen LogP contribution < -0.4 is 5.32 Å². The highest BCUT2D eigenvalue weighted by Gasteiger charge is 2.11. The number of likely N-dealkylation sites (N-methyl/N-ethyl adjacent to an activating group) is 2. The Labute approximate surface area is 118 Å². The van der Waals surface area contributed by atoms with E-state index in [4.69, 9.17) is 23.2 Å². The molecule has 1 aromatic rings. The number of carbonyl (C=O) groups excluding carboxylic acids is 1. The van der Waals surface area contributed by atoms with Gasteiger partial charge in [0.05, 0.1) is 6.54 Å². The first-order chi connectivity index (χ1) is 8.56. The van der Waals surface area contributed by atoms with Crippen molar-refractivity contribution in [2.75, 3.05) is 19.6 Å². The second kappa shape index (κ2) is 7.62. The van der Waals surface area contributed by atoms with Crippen LogP contribution in [-0.4, -0.2) is 30.4 Å². The predicted octanol–water partition coefficient (Wildman–Crippen LogP) is 2.95. The van der Waals surface area contributed by atoms with Gasteiger partial charge in [-0.15, -0.1) is 0 Å². The molecule has 0 spiro atoms. The van der Waals surface area contributed by atoms with Crippen molar-refractivity contribution in [2.24, 2.45) is 0 Å². The lowest BCUT2D eigenvalue weighted by molar-refractivity contribution is -0.122. The first-order valence-electron chi connectivity index (χ1n) is 5.99. The average Bonchev–Trinajstić information content (AvgIpc) is 2.31. The number of hydrogen-bond donors (Lipinski definition) is 1. The van der Waals surface area contributed by atoms with E-state index in [1.807, 2.05) is 30.9 Å². The molecule has 0 heterocycles. The molecule has 1 N–H and O–H groups in total. The molecule has 1 rings (SSSR count). The van der Waals surface area contributed by atoms with Gasteiger partial charge in [-0.3, -0.25) is 9.69 Å². The third-order valence-electron chi connectivity index (χ3n) is 2.60. The van der Waals surface area contributed by atoms with Crippen LogP contribution in [0.5, 0.6) is 0 Å². The summed E-state index contributed by atoms with van der Waals surface area (Å²) in [7, 11) is 0. The normalized spacial score (nSPS) is 10.7. The van der Waals surface area contributed by atoms with Crippen molar-refractivity contribution in [1.82, 2.24) is 10.2 Å². The molecule has 5 heteroatoms. The van der Waals surface area contributed by atoms with Crippen LogP contribution in [0, 0.1) is 0 Å². The minimum absolute atomic E-state index is 0.0319. The van der Waals surface area contributed by atoms with Gasteiger partial charge in [0, 0.05) is 23.1 Å². The summed E-state index contributed by atoms with van der Waals surface area (Å²) in [5.41, 5.74) is 0.979. The van der Waals surface area contributed by atoms with Gasteiger partial charge in [-0.2, -0.15) is 0 Å². The summed E-state index contributed by atoms with van der Waals surface area (Å²) in [5, 5.41) is 4.04. The van der Waals surface area contributed by atoms with E-state index in [0.717, 1.165) is 12.1 Å². The molecule has 0 atom stereocenters. The van der Waals surface area contributed by atoms with Crippen molar-refractivity contribution in [3.63, 3.8) is 0 Å². The van der Waals surface area contributed by atoms with Crippen molar-refractivity contribution < 1.29 is 4.79 Å². The van der Waals surface area contributed by atoms with Crippen LogP contribution in [0.3, 0.4) is 0 Å². The minimum Gasteiger partial charge on any atom is -0.355 e. The lowest BCUT2D eigenvalue weighted by Gasteiger charge is -2.20. The zero-order valence-electron chi connectivity index (χ0n) is 10.7. The Morgan fingerprint density at radius 2 is 2.06 bits per heavy atom. The minimum atomic E-state index is 0.0319. The number of benzene rings is 1. The van der Waals surface area contributed by atoms with E-state index >= 15 is 0 Å². The van der Waals surface area contributed by atoms with Crippen molar-refractivity contribution in [3.8, 4) is 0 Å². The summed E-state index contributed by atoms with van der Waals surface area (Å²) in [4.78, 5) is 13.6. The van der Waals surface area contributed by atoms with E-state index in [0.29, 0.717) is 29.7 Å². The van der Waals surface area contributed by atoms with Crippen molar-refractivity contribution in [1.29, 1.82) is 0 Å². The molecule has 0 aliphatic carbocycles. The maximum Gasteiger partial charge on any atom is 0.234 e. The molecule has 0 radical (unpaired) electrons. The highest BCUT2D eigenvalue weighted by atomic mass is 35.5. The molecule has 100 valence electrons. The molecule has 0 unspecified atom stereocenters. The number of nitrogens with one attached hydrogen (secondary N) is 1. The molecule has 0 saturated carbocycles. The van der Waals surface area contributed by atoms with E-state index in [1.54, 1.807) is 6.07 Å². The van der Waals surface area contributed by atoms with Crippen LogP contribution in [-0.2, 0) is 11.3 Å². The van der Waals surface area contributed by atoms with Crippen LogP contribution in [0.4, 0.5) is 0 Å². The van der Waals surface area contributed by atoms with Gasteiger partial charge in [0.15, 0.2) is 0 Å². The maximum absolute atomic E-state index is 11.5. The largest absolute Gasteiger partial charge is 0.355 e. The number of halogens is 2. The smallest absolute Gasteiger partial charge is 0.234 e. The fourth-order valence-electron chi connectivity index (χ4n) is 1.63. The third-order valence-corrected chi connectivity index (χ3v) is 3.18. The fourth-order valence-corrected chi connectivity index (χ4v) is 2.09. The van der Waals surface area contributed by atoms with Gasteiger partial charge in [-0.25, -0.2) is 0 Å². The Balaban J connectivity index is 2.65. The highest BCUT2D eigenvalue weighted by Crippen LogP contribution is 2.22. The van der Waals surface area contributed by atoms with E-state index in [-0.39, 0.29) is 5.91 Å². The van der Waals surface area contributed by atoms with Crippen molar-refractivity contribution in [2.45, 2.75) is 20.4 Å². The first kappa shape index (κ1) is 15.3. The zero-order chi connectivity index (χ0) is 13.5. The second-order valence-corrected chi connectivity index (χ2v) is 4.84. The average molecular weight is 289 g/mol. The van der Waals surface area contributed by atoms with Gasteiger partial charge in [0.1, 0.15) is 0 Å². The predicted molar refractivity (Wildman–Crippen MR) is 76.1 cm³/mol. The molecular weight excluding hydrogens is 271 g/mol. The van der Waals surface area contributed by atoms with Crippen LogP contribution >= 0.6 is 23.2 Å². The Kier molecular flexibility index (Phi) is 6.47. The van der Waals surface area contributed by atoms with E-state index < -0.39 is 0 Å². The van der Waals surface area contributed by atoms with E-state index in [9.17, 15) is 4.79 Å². The number of hydrogen-bond acceptors (Lipinski definition) is 2. The molecule has 0 bridgehead atoms. The molecule has 18 heavy (non-hydrogen) atoms. The first-order valence-corrected chi connectivity index (χ1v) is 6.75. The number of amides is 1. The maximum atomic E-state index is 11.5. The van der Waals surface area contributed by atoms with Crippen molar-refractivity contribution in [3.05, 3.63) is 33.8 Å². The molecule has 0 aliphatic rings. The van der Waals surface area contributed by atoms with Gasteiger partial charge in [-0.1, -0.05) is 36.2 Å². The van der Waals surface area contributed by atoms with Gasteiger partial charge in [0.2, 0.25) is 5.91 Å². The standard InChI is InChI=1S/C13H18Cl2N2O/c1-3-16-13(18)9-17(4-2)8-10-5-6-11(14)7-12(10)15/h5-7H,3-4,8-9H2,1-2H3,(H,16,18). The monoisotopic (exact) mass is 288 g/mol. The second-order valence-electron chi connectivity index (χ2n) is 3.99. The van der Waals surface area contributed by atoms with Crippen LogP contribution in [0.15, 0.2) is 18.2 Å². The van der Waals surface area contributed by atoms with Gasteiger partial charge >= 0.3 is 0 Å². The molecule has 0 fully saturated rings. The van der Waals surface area contributed by atoms with Gasteiger partial charge in [-0.05, 0) is 31.2 Å². The lowest BCUT2D eigenvalue weighted by atomic mass is 10.2. The Morgan fingerprint density at radius 3 is 2.61 bits per heavy atom. The molecule has 1 amide bonds. The summed E-state index contributed by atoms with van der Waals surface area (Å²) in [6.07, 6.45) is 0. The highest BCUT2D eigenvalue weighted by molar-refractivity contribution is 6.35. The van der Waals surface area contributed by atoms with Crippen LogP contribution in [0.25, 0.3) is 0 Å². The number of nitrogens with zero attached hydrogens (tertiary/aromatic N) is 1. The van der Waals surface area contributed by atoms with E-state index in [1.165, 1.54) is 0 Å². The third kappa shape index (κ3) is 4.84. The van der Waals surface area contributed by atoms with E-state index in [2.05, 4.69) is 5.32 Å². The van der Waals surface area contributed by atoms with Gasteiger partial charge in [0.25, 0.3) is 0 Å². The Bertz CT molecular complexity index is 410. The van der Waals surface area contributed by atoms with Gasteiger partial charge < -0.3 is 5.32 Å². The van der Waals surface area contributed by atoms with Crippen LogP contribution in [0.2, 0.25) is 10.0 Å². The summed E-state index contributed by atoms with van der Waals surface area (Å²) < 4.78 is 0. The summed E-state index contributed by atoms with van der Waals surface area (Å²) >= 11 is 12.0. The zero-order valence-corrected chi connectivity index (χ0v) is 12.2. The molecular formula is C13H18Cl2N2O. The summed E-state index contributed by atoms with van der Waals surface area (Å²) in [6, 6.07) is 5.42. The molecule has 0 aromatic heterocycles. The molecule has 1 aromatic carbocycles. The lowest BCUT2D eigenvalue weighted by Crippen LogP contribution is -2.36. The molecule has 3 nitrogen and oxygen atoms in total. The Hall–Kier alpha value is -0.770.